The molecule has 1 aromatic rings. The highest BCUT2D eigenvalue weighted by Gasteiger charge is 2.34. The summed E-state index contributed by atoms with van der Waals surface area (Å²) in [6, 6.07) is 7.22. The molecule has 0 aromatic heterocycles. The van der Waals surface area contributed by atoms with E-state index in [-0.39, 0.29) is 0 Å². The molecule has 1 fully saturated rings. The van der Waals surface area contributed by atoms with Crippen molar-refractivity contribution in [3.05, 3.63) is 29.8 Å². The van der Waals surface area contributed by atoms with E-state index in [4.69, 9.17) is 5.11 Å². The largest absolute Gasteiger partial charge is 0.478 e. The Kier molecular flexibility index (Phi) is 3.60. The maximum atomic E-state index is 10.8. The molecule has 0 spiro atoms. The van der Waals surface area contributed by atoms with Crippen LogP contribution in [0.4, 0.5) is 5.69 Å². The van der Waals surface area contributed by atoms with Crippen molar-refractivity contribution >= 4 is 11.7 Å². The predicted octanol–water partition coefficient (Wildman–Crippen LogP) is 3.40. The summed E-state index contributed by atoms with van der Waals surface area (Å²) in [7, 11) is 0. The van der Waals surface area contributed by atoms with Gasteiger partial charge in [-0.1, -0.05) is 13.8 Å². The summed E-state index contributed by atoms with van der Waals surface area (Å²) in [5.41, 5.74) is 1.95. The second-order valence-electron chi connectivity index (χ2n) is 5.23. The second kappa shape index (κ2) is 5.01. The molecule has 1 aliphatic heterocycles. The van der Waals surface area contributed by atoms with Crippen LogP contribution in [0.5, 0.6) is 0 Å². The van der Waals surface area contributed by atoms with Gasteiger partial charge in [-0.25, -0.2) is 4.79 Å². The lowest BCUT2D eigenvalue weighted by atomic mass is 9.82. The average Bonchev–Trinajstić information content (AvgIpc) is 2.84. The third-order valence-electron chi connectivity index (χ3n) is 4.42. The van der Waals surface area contributed by atoms with Gasteiger partial charge < -0.3 is 10.0 Å². The first-order valence-corrected chi connectivity index (χ1v) is 6.68. The molecule has 0 bridgehead atoms. The van der Waals surface area contributed by atoms with E-state index in [1.807, 2.05) is 12.1 Å². The average molecular weight is 247 g/mol. The Bertz CT molecular complexity index is 421. The topological polar surface area (TPSA) is 40.5 Å². The number of nitrogens with zero attached hydrogens (tertiary/aromatic N) is 1. The van der Waals surface area contributed by atoms with Gasteiger partial charge in [0.15, 0.2) is 0 Å². The number of hydrogen-bond donors (Lipinski definition) is 1. The van der Waals surface area contributed by atoms with Crippen molar-refractivity contribution in [2.75, 3.05) is 18.0 Å². The summed E-state index contributed by atoms with van der Waals surface area (Å²) in [5.74, 6) is -0.862. The molecule has 18 heavy (non-hydrogen) atoms. The van der Waals surface area contributed by atoms with Gasteiger partial charge >= 0.3 is 5.97 Å². The van der Waals surface area contributed by atoms with Gasteiger partial charge in [-0.05, 0) is 48.9 Å². The number of anilines is 1. The SMILES string of the molecule is CCC1(CC)CCN(c2ccc(C(=O)O)cc2)C1. The molecule has 2 rings (SSSR count). The minimum atomic E-state index is -0.862. The number of carboxylic acid groups (broad SMARTS) is 1. The van der Waals surface area contributed by atoms with E-state index < -0.39 is 5.97 Å². The Balaban J connectivity index is 2.12. The third kappa shape index (κ3) is 2.35. The van der Waals surface area contributed by atoms with E-state index in [0.717, 1.165) is 18.8 Å². The van der Waals surface area contributed by atoms with E-state index in [2.05, 4.69) is 18.7 Å². The summed E-state index contributed by atoms with van der Waals surface area (Å²) in [4.78, 5) is 13.2. The predicted molar refractivity (Wildman–Crippen MR) is 73.2 cm³/mol. The van der Waals surface area contributed by atoms with Crippen LogP contribution < -0.4 is 4.90 Å². The molecule has 1 aliphatic rings. The number of carboxylic acids is 1. The Morgan fingerprint density at radius 3 is 2.33 bits per heavy atom. The van der Waals surface area contributed by atoms with E-state index in [0.29, 0.717) is 11.0 Å². The fraction of sp³-hybridized carbons (Fsp3) is 0.533. The molecular weight excluding hydrogens is 226 g/mol. The Morgan fingerprint density at radius 2 is 1.89 bits per heavy atom. The van der Waals surface area contributed by atoms with Crippen LogP contribution in [0.15, 0.2) is 24.3 Å². The fourth-order valence-corrected chi connectivity index (χ4v) is 2.80. The summed E-state index contributed by atoms with van der Waals surface area (Å²) in [5, 5.41) is 8.89. The third-order valence-corrected chi connectivity index (χ3v) is 4.42. The van der Waals surface area contributed by atoms with Crippen LogP contribution >= 0.6 is 0 Å². The first-order chi connectivity index (χ1) is 8.60. The van der Waals surface area contributed by atoms with Gasteiger partial charge in [0.1, 0.15) is 0 Å². The van der Waals surface area contributed by atoms with Crippen molar-refractivity contribution < 1.29 is 9.90 Å². The summed E-state index contributed by atoms with van der Waals surface area (Å²) in [6.45, 7) is 6.70. The number of carbonyl (C=O) groups is 1. The molecule has 1 aromatic carbocycles. The van der Waals surface area contributed by atoms with Gasteiger partial charge in [0.05, 0.1) is 5.56 Å². The van der Waals surface area contributed by atoms with Crippen molar-refractivity contribution in [2.24, 2.45) is 5.41 Å². The van der Waals surface area contributed by atoms with E-state index in [1.54, 1.807) is 12.1 Å². The van der Waals surface area contributed by atoms with Crippen LogP contribution in [-0.4, -0.2) is 24.2 Å². The minimum Gasteiger partial charge on any atom is -0.478 e. The van der Waals surface area contributed by atoms with Crippen molar-refractivity contribution in [3.63, 3.8) is 0 Å². The fourth-order valence-electron chi connectivity index (χ4n) is 2.80. The van der Waals surface area contributed by atoms with Gasteiger partial charge in [-0.2, -0.15) is 0 Å². The molecule has 0 atom stereocenters. The number of hydrogen-bond acceptors (Lipinski definition) is 2. The van der Waals surface area contributed by atoms with Gasteiger partial charge in [0.2, 0.25) is 0 Å². The van der Waals surface area contributed by atoms with Crippen LogP contribution in [0.2, 0.25) is 0 Å². The number of aromatic carboxylic acids is 1. The zero-order valence-electron chi connectivity index (χ0n) is 11.1. The van der Waals surface area contributed by atoms with Crippen molar-refractivity contribution in [1.82, 2.24) is 0 Å². The molecule has 3 nitrogen and oxygen atoms in total. The standard InChI is InChI=1S/C15H21NO2/c1-3-15(4-2)9-10-16(11-15)13-7-5-12(6-8-13)14(17)18/h5-8H,3-4,9-11H2,1-2H3,(H,17,18). The molecule has 1 heterocycles. The Labute approximate surface area is 108 Å². The van der Waals surface area contributed by atoms with Crippen molar-refractivity contribution in [3.8, 4) is 0 Å². The van der Waals surface area contributed by atoms with Crippen LogP contribution in [0, 0.1) is 5.41 Å². The van der Waals surface area contributed by atoms with E-state index in [1.165, 1.54) is 19.3 Å². The first kappa shape index (κ1) is 12.9. The molecule has 3 heteroatoms. The van der Waals surface area contributed by atoms with Gasteiger partial charge in [-0.15, -0.1) is 0 Å². The molecule has 0 radical (unpaired) electrons. The zero-order valence-corrected chi connectivity index (χ0v) is 11.1. The zero-order chi connectivity index (χ0) is 13.2. The second-order valence-corrected chi connectivity index (χ2v) is 5.23. The van der Waals surface area contributed by atoms with Crippen LogP contribution in [0.25, 0.3) is 0 Å². The highest BCUT2D eigenvalue weighted by Crippen LogP contribution is 2.38. The van der Waals surface area contributed by atoms with Crippen molar-refractivity contribution in [1.29, 1.82) is 0 Å². The van der Waals surface area contributed by atoms with E-state index in [9.17, 15) is 4.79 Å². The van der Waals surface area contributed by atoms with Gasteiger partial charge in [-0.3, -0.25) is 0 Å². The van der Waals surface area contributed by atoms with Crippen LogP contribution in [0.3, 0.4) is 0 Å². The normalized spacial score (nSPS) is 18.0. The molecule has 1 saturated heterocycles. The Morgan fingerprint density at radius 1 is 1.28 bits per heavy atom. The van der Waals surface area contributed by atoms with E-state index >= 15 is 0 Å². The first-order valence-electron chi connectivity index (χ1n) is 6.68. The quantitative estimate of drug-likeness (QED) is 0.886. The molecule has 0 unspecified atom stereocenters. The highest BCUT2D eigenvalue weighted by molar-refractivity contribution is 5.88. The number of rotatable bonds is 4. The molecule has 0 amide bonds. The van der Waals surface area contributed by atoms with Crippen LogP contribution in [0.1, 0.15) is 43.5 Å². The molecule has 98 valence electrons. The van der Waals surface area contributed by atoms with Crippen molar-refractivity contribution in [2.45, 2.75) is 33.1 Å². The summed E-state index contributed by atoms with van der Waals surface area (Å²) >= 11 is 0. The highest BCUT2D eigenvalue weighted by atomic mass is 16.4. The summed E-state index contributed by atoms with van der Waals surface area (Å²) in [6.07, 6.45) is 3.67. The number of benzene rings is 1. The lowest BCUT2D eigenvalue weighted by Gasteiger charge is -2.27. The van der Waals surface area contributed by atoms with Gasteiger partial charge in [0.25, 0.3) is 0 Å². The molecule has 1 N–H and O–H groups in total. The maximum absolute atomic E-state index is 10.8. The molecule has 0 aliphatic carbocycles. The summed E-state index contributed by atoms with van der Waals surface area (Å²) < 4.78 is 0. The lowest BCUT2D eigenvalue weighted by molar-refractivity contribution is 0.0697. The maximum Gasteiger partial charge on any atom is 0.335 e. The lowest BCUT2D eigenvalue weighted by Crippen LogP contribution is -2.26. The monoisotopic (exact) mass is 247 g/mol. The minimum absolute atomic E-state index is 0.357. The Hall–Kier alpha value is -1.51. The molecular formula is C15H21NO2. The van der Waals surface area contributed by atoms with Crippen LogP contribution in [-0.2, 0) is 0 Å². The molecule has 0 saturated carbocycles. The van der Waals surface area contributed by atoms with Gasteiger partial charge in [0, 0.05) is 18.8 Å². The smallest absolute Gasteiger partial charge is 0.335 e.